The van der Waals surface area contributed by atoms with E-state index in [-0.39, 0.29) is 5.75 Å². The standard InChI is InChI=1S/C15H12N2O2S2/c1-19-9-4-5-12(18)10(7-9)11-8-16-15(20)17-14(11)13-3-2-6-21-13/h2-8,18H,1H3,(H,16,17,20). The van der Waals surface area contributed by atoms with Gasteiger partial charge in [-0.25, -0.2) is 4.98 Å². The Bertz CT molecular complexity index is 826. The van der Waals surface area contributed by atoms with Crippen LogP contribution >= 0.6 is 23.6 Å². The Hall–Kier alpha value is -2.18. The van der Waals surface area contributed by atoms with Crippen molar-refractivity contribution >= 4 is 23.6 Å². The summed E-state index contributed by atoms with van der Waals surface area (Å²) in [6.45, 7) is 0. The zero-order valence-corrected chi connectivity index (χ0v) is 12.8. The summed E-state index contributed by atoms with van der Waals surface area (Å²) >= 11 is 6.71. The van der Waals surface area contributed by atoms with E-state index in [2.05, 4.69) is 9.97 Å². The van der Waals surface area contributed by atoms with Crippen molar-refractivity contribution in [1.82, 2.24) is 9.97 Å². The van der Waals surface area contributed by atoms with Gasteiger partial charge in [0.05, 0.1) is 17.7 Å². The number of rotatable bonds is 3. The minimum absolute atomic E-state index is 0.168. The Balaban J connectivity index is 2.26. The topological polar surface area (TPSA) is 58.1 Å². The lowest BCUT2D eigenvalue weighted by Crippen LogP contribution is -1.92. The number of phenolic OH excluding ortho intramolecular Hbond substituents is 1. The van der Waals surface area contributed by atoms with Gasteiger partial charge in [-0.05, 0) is 41.9 Å². The third-order valence-corrected chi connectivity index (χ3v) is 4.17. The number of methoxy groups -OCH3 is 1. The van der Waals surface area contributed by atoms with E-state index in [0.29, 0.717) is 16.1 Å². The number of phenols is 1. The summed E-state index contributed by atoms with van der Waals surface area (Å²) in [4.78, 5) is 8.27. The van der Waals surface area contributed by atoms with Crippen LogP contribution in [0.1, 0.15) is 0 Å². The lowest BCUT2D eigenvalue weighted by atomic mass is 10.0. The number of ether oxygens (including phenoxy) is 1. The molecule has 0 unspecified atom stereocenters. The van der Waals surface area contributed by atoms with Crippen molar-refractivity contribution < 1.29 is 9.84 Å². The zero-order chi connectivity index (χ0) is 14.8. The van der Waals surface area contributed by atoms with Crippen LogP contribution in [0.25, 0.3) is 21.7 Å². The van der Waals surface area contributed by atoms with Crippen molar-refractivity contribution in [2.45, 2.75) is 0 Å². The number of hydrogen-bond donors (Lipinski definition) is 2. The summed E-state index contributed by atoms with van der Waals surface area (Å²) in [5, 5.41) is 12.1. The molecule has 106 valence electrons. The Morgan fingerprint density at radius 3 is 2.86 bits per heavy atom. The molecule has 0 aliphatic heterocycles. The molecule has 0 saturated heterocycles. The van der Waals surface area contributed by atoms with Crippen LogP contribution in [0.3, 0.4) is 0 Å². The molecule has 1 aromatic carbocycles. The fourth-order valence-corrected chi connectivity index (χ4v) is 2.97. The van der Waals surface area contributed by atoms with Crippen LogP contribution in [0, 0.1) is 4.77 Å². The maximum atomic E-state index is 10.2. The van der Waals surface area contributed by atoms with E-state index in [4.69, 9.17) is 17.0 Å². The van der Waals surface area contributed by atoms with E-state index in [1.54, 1.807) is 42.8 Å². The molecule has 21 heavy (non-hydrogen) atoms. The lowest BCUT2D eigenvalue weighted by Gasteiger charge is -2.11. The van der Waals surface area contributed by atoms with Crippen molar-refractivity contribution in [2.75, 3.05) is 7.11 Å². The molecular formula is C15H12N2O2S2. The molecule has 2 N–H and O–H groups in total. The zero-order valence-electron chi connectivity index (χ0n) is 11.2. The quantitative estimate of drug-likeness (QED) is 0.709. The van der Waals surface area contributed by atoms with Crippen LogP contribution in [0.4, 0.5) is 0 Å². The molecule has 0 spiro atoms. The molecule has 0 radical (unpaired) electrons. The molecule has 3 aromatic rings. The number of aromatic amines is 1. The molecule has 0 amide bonds. The van der Waals surface area contributed by atoms with Gasteiger partial charge in [0.1, 0.15) is 11.5 Å². The second-order valence-corrected chi connectivity index (χ2v) is 5.67. The number of thiophene rings is 1. The molecule has 0 bridgehead atoms. The first-order valence-electron chi connectivity index (χ1n) is 6.19. The predicted molar refractivity (Wildman–Crippen MR) is 86.4 cm³/mol. The summed E-state index contributed by atoms with van der Waals surface area (Å²) in [7, 11) is 1.59. The van der Waals surface area contributed by atoms with Crippen LogP contribution in [0.2, 0.25) is 0 Å². The molecule has 4 nitrogen and oxygen atoms in total. The minimum atomic E-state index is 0.168. The predicted octanol–water partition coefficient (Wildman–Crippen LogP) is 4.25. The van der Waals surface area contributed by atoms with E-state index in [1.807, 2.05) is 17.5 Å². The van der Waals surface area contributed by atoms with E-state index >= 15 is 0 Å². The van der Waals surface area contributed by atoms with Gasteiger partial charge >= 0.3 is 0 Å². The van der Waals surface area contributed by atoms with Crippen molar-refractivity contribution in [1.29, 1.82) is 0 Å². The molecule has 0 aliphatic carbocycles. The number of nitrogens with zero attached hydrogens (tertiary/aromatic N) is 1. The summed E-state index contributed by atoms with van der Waals surface area (Å²) in [5.41, 5.74) is 2.27. The lowest BCUT2D eigenvalue weighted by molar-refractivity contribution is 0.412. The fourth-order valence-electron chi connectivity index (χ4n) is 2.07. The Labute approximate surface area is 130 Å². The van der Waals surface area contributed by atoms with Gasteiger partial charge in [-0.15, -0.1) is 11.3 Å². The van der Waals surface area contributed by atoms with E-state index < -0.39 is 0 Å². The third kappa shape index (κ3) is 2.68. The van der Waals surface area contributed by atoms with Crippen LogP contribution in [-0.4, -0.2) is 22.2 Å². The number of H-pyrrole nitrogens is 1. The van der Waals surface area contributed by atoms with E-state index in [9.17, 15) is 5.11 Å². The van der Waals surface area contributed by atoms with Crippen LogP contribution in [0.15, 0.2) is 41.9 Å². The Morgan fingerprint density at radius 2 is 2.14 bits per heavy atom. The maximum absolute atomic E-state index is 10.2. The van der Waals surface area contributed by atoms with Gasteiger partial charge in [0.2, 0.25) is 0 Å². The average molecular weight is 316 g/mol. The van der Waals surface area contributed by atoms with E-state index in [0.717, 1.165) is 16.1 Å². The van der Waals surface area contributed by atoms with Gasteiger partial charge in [-0.3, -0.25) is 0 Å². The fraction of sp³-hybridized carbons (Fsp3) is 0.0667. The van der Waals surface area contributed by atoms with E-state index in [1.165, 1.54) is 0 Å². The highest BCUT2D eigenvalue weighted by molar-refractivity contribution is 7.71. The SMILES string of the molecule is COc1ccc(O)c(-c2cnc(=S)[nH]c2-c2cccs2)c1. The first-order valence-corrected chi connectivity index (χ1v) is 7.48. The summed E-state index contributed by atoms with van der Waals surface area (Å²) in [6, 6.07) is 9.05. The molecule has 6 heteroatoms. The number of nitrogens with one attached hydrogen (secondary N) is 1. The van der Waals surface area contributed by atoms with Gasteiger partial charge in [0.25, 0.3) is 0 Å². The maximum Gasteiger partial charge on any atom is 0.197 e. The molecule has 0 aliphatic rings. The highest BCUT2D eigenvalue weighted by Crippen LogP contribution is 2.38. The second kappa shape index (κ2) is 5.67. The van der Waals surface area contributed by atoms with Gasteiger partial charge in [0, 0.05) is 17.3 Å². The normalized spacial score (nSPS) is 10.5. The van der Waals surface area contributed by atoms with Gasteiger partial charge in [-0.2, -0.15) is 0 Å². The highest BCUT2D eigenvalue weighted by atomic mass is 32.1. The summed E-state index contributed by atoms with van der Waals surface area (Å²) < 4.78 is 5.63. The molecular weight excluding hydrogens is 304 g/mol. The molecule has 0 atom stereocenters. The smallest absolute Gasteiger partial charge is 0.197 e. The van der Waals surface area contributed by atoms with Crippen molar-refractivity contribution in [3.05, 3.63) is 46.7 Å². The molecule has 2 aromatic heterocycles. The molecule has 3 rings (SSSR count). The molecule has 0 fully saturated rings. The Morgan fingerprint density at radius 1 is 1.29 bits per heavy atom. The summed E-state index contributed by atoms with van der Waals surface area (Å²) in [5.74, 6) is 0.836. The largest absolute Gasteiger partial charge is 0.507 e. The van der Waals surface area contributed by atoms with Gasteiger partial charge in [-0.1, -0.05) is 6.07 Å². The first kappa shape index (κ1) is 13.8. The monoisotopic (exact) mass is 316 g/mol. The number of hydrogen-bond acceptors (Lipinski definition) is 5. The highest BCUT2D eigenvalue weighted by Gasteiger charge is 2.14. The molecule has 2 heterocycles. The molecule has 0 saturated carbocycles. The van der Waals surface area contributed by atoms with Crippen LogP contribution < -0.4 is 4.74 Å². The minimum Gasteiger partial charge on any atom is -0.507 e. The third-order valence-electron chi connectivity index (χ3n) is 3.07. The van der Waals surface area contributed by atoms with Crippen molar-refractivity contribution in [3.63, 3.8) is 0 Å². The second-order valence-electron chi connectivity index (χ2n) is 4.34. The first-order chi connectivity index (χ1) is 10.2. The van der Waals surface area contributed by atoms with Crippen molar-refractivity contribution in [3.8, 4) is 33.2 Å². The van der Waals surface area contributed by atoms with Crippen molar-refractivity contribution in [2.24, 2.45) is 0 Å². The van der Waals surface area contributed by atoms with Crippen LogP contribution in [0.5, 0.6) is 11.5 Å². The Kier molecular flexibility index (Phi) is 3.72. The van der Waals surface area contributed by atoms with Gasteiger partial charge < -0.3 is 14.8 Å². The number of benzene rings is 1. The average Bonchev–Trinajstić information content (AvgIpc) is 3.02. The van der Waals surface area contributed by atoms with Gasteiger partial charge in [0.15, 0.2) is 4.77 Å². The van der Waals surface area contributed by atoms with Crippen LogP contribution in [-0.2, 0) is 0 Å². The number of aromatic hydroxyl groups is 1. The number of aromatic nitrogens is 2. The summed E-state index contributed by atoms with van der Waals surface area (Å²) in [6.07, 6.45) is 1.67.